The molecule has 0 aromatic rings. The molecule has 2 nitrogen and oxygen atoms in total. The van der Waals surface area contributed by atoms with Crippen LogP contribution in [0.25, 0.3) is 0 Å². The van der Waals surface area contributed by atoms with E-state index in [-0.39, 0.29) is 0 Å². The third kappa shape index (κ3) is 5.59. The topological polar surface area (TPSA) is 15.3 Å². The van der Waals surface area contributed by atoms with E-state index in [0.29, 0.717) is 6.04 Å². The van der Waals surface area contributed by atoms with Gasteiger partial charge in [-0.25, -0.2) is 0 Å². The van der Waals surface area contributed by atoms with Crippen molar-refractivity contribution in [3.63, 3.8) is 0 Å². The SMILES string of the molecule is C=CCSCCN1CCCNC(CC)C1. The van der Waals surface area contributed by atoms with Crippen LogP contribution in [0.1, 0.15) is 19.8 Å². The summed E-state index contributed by atoms with van der Waals surface area (Å²) < 4.78 is 0. The van der Waals surface area contributed by atoms with Gasteiger partial charge in [-0.2, -0.15) is 11.8 Å². The van der Waals surface area contributed by atoms with Gasteiger partial charge in [0, 0.05) is 30.6 Å². The van der Waals surface area contributed by atoms with Crippen molar-refractivity contribution in [2.45, 2.75) is 25.8 Å². The summed E-state index contributed by atoms with van der Waals surface area (Å²) in [5, 5.41) is 3.60. The molecule has 1 atom stereocenters. The van der Waals surface area contributed by atoms with Gasteiger partial charge in [0.2, 0.25) is 0 Å². The van der Waals surface area contributed by atoms with E-state index in [4.69, 9.17) is 0 Å². The van der Waals surface area contributed by atoms with Crippen LogP contribution < -0.4 is 5.32 Å². The predicted octanol–water partition coefficient (Wildman–Crippen LogP) is 1.98. The lowest BCUT2D eigenvalue weighted by atomic mass is 10.2. The van der Waals surface area contributed by atoms with Crippen molar-refractivity contribution in [2.24, 2.45) is 0 Å². The highest BCUT2D eigenvalue weighted by Crippen LogP contribution is 2.06. The van der Waals surface area contributed by atoms with E-state index in [0.717, 1.165) is 5.75 Å². The molecule has 0 saturated carbocycles. The van der Waals surface area contributed by atoms with Crippen molar-refractivity contribution in [1.29, 1.82) is 0 Å². The van der Waals surface area contributed by atoms with Gasteiger partial charge in [0.1, 0.15) is 0 Å². The first-order chi connectivity index (χ1) is 7.36. The molecule has 1 fully saturated rings. The third-order valence-corrected chi connectivity index (χ3v) is 3.79. The molecule has 3 heteroatoms. The lowest BCUT2D eigenvalue weighted by Crippen LogP contribution is -2.38. The molecule has 0 bridgehead atoms. The summed E-state index contributed by atoms with van der Waals surface area (Å²) in [6, 6.07) is 0.705. The van der Waals surface area contributed by atoms with Crippen LogP contribution in [0.15, 0.2) is 12.7 Å². The average molecular weight is 228 g/mol. The number of nitrogens with one attached hydrogen (secondary N) is 1. The maximum absolute atomic E-state index is 3.74. The maximum Gasteiger partial charge on any atom is 0.0192 e. The summed E-state index contributed by atoms with van der Waals surface area (Å²) in [5.41, 5.74) is 0. The average Bonchev–Trinajstić information content (AvgIpc) is 2.49. The van der Waals surface area contributed by atoms with Crippen molar-refractivity contribution < 1.29 is 0 Å². The Bertz CT molecular complexity index is 173. The van der Waals surface area contributed by atoms with E-state index in [9.17, 15) is 0 Å². The molecule has 0 aliphatic carbocycles. The monoisotopic (exact) mass is 228 g/mol. The van der Waals surface area contributed by atoms with Gasteiger partial charge in [0.25, 0.3) is 0 Å². The van der Waals surface area contributed by atoms with Gasteiger partial charge in [-0.05, 0) is 25.9 Å². The zero-order valence-electron chi connectivity index (χ0n) is 9.87. The van der Waals surface area contributed by atoms with E-state index in [2.05, 4.69) is 23.7 Å². The van der Waals surface area contributed by atoms with Crippen LogP contribution in [-0.4, -0.2) is 48.6 Å². The standard InChI is InChI=1S/C12H24N2S/c1-3-9-15-10-8-14-7-5-6-13-12(4-2)11-14/h3,12-13H,1,4-11H2,2H3. The second-order valence-corrected chi connectivity index (χ2v) is 5.23. The summed E-state index contributed by atoms with van der Waals surface area (Å²) >= 11 is 1.98. The fourth-order valence-electron chi connectivity index (χ4n) is 1.91. The quantitative estimate of drug-likeness (QED) is 0.553. The fourth-order valence-corrected chi connectivity index (χ4v) is 2.63. The Labute approximate surface area is 98.5 Å². The molecule has 1 aliphatic heterocycles. The van der Waals surface area contributed by atoms with Gasteiger partial charge >= 0.3 is 0 Å². The summed E-state index contributed by atoms with van der Waals surface area (Å²) in [6.45, 7) is 10.9. The van der Waals surface area contributed by atoms with E-state index < -0.39 is 0 Å². The van der Waals surface area contributed by atoms with E-state index in [1.807, 2.05) is 17.8 Å². The van der Waals surface area contributed by atoms with Crippen molar-refractivity contribution in [1.82, 2.24) is 10.2 Å². The second kappa shape index (κ2) is 8.20. The summed E-state index contributed by atoms with van der Waals surface area (Å²) in [5.74, 6) is 2.33. The minimum atomic E-state index is 0.705. The largest absolute Gasteiger partial charge is 0.313 e. The zero-order valence-corrected chi connectivity index (χ0v) is 10.7. The van der Waals surface area contributed by atoms with Crippen LogP contribution in [0.4, 0.5) is 0 Å². The summed E-state index contributed by atoms with van der Waals surface area (Å²) in [4.78, 5) is 2.60. The molecule has 1 aliphatic rings. The van der Waals surface area contributed by atoms with Crippen LogP contribution in [0, 0.1) is 0 Å². The zero-order chi connectivity index (χ0) is 10.9. The highest BCUT2D eigenvalue weighted by Gasteiger charge is 2.15. The predicted molar refractivity (Wildman–Crippen MR) is 70.7 cm³/mol. The highest BCUT2D eigenvalue weighted by molar-refractivity contribution is 7.99. The van der Waals surface area contributed by atoms with Gasteiger partial charge < -0.3 is 10.2 Å². The van der Waals surface area contributed by atoms with E-state index >= 15 is 0 Å². The van der Waals surface area contributed by atoms with Gasteiger partial charge in [0.15, 0.2) is 0 Å². The van der Waals surface area contributed by atoms with Crippen LogP contribution in [-0.2, 0) is 0 Å². The number of hydrogen-bond acceptors (Lipinski definition) is 3. The van der Waals surface area contributed by atoms with Gasteiger partial charge in [0.05, 0.1) is 0 Å². The maximum atomic E-state index is 3.74. The smallest absolute Gasteiger partial charge is 0.0192 e. The highest BCUT2D eigenvalue weighted by atomic mass is 32.2. The Morgan fingerprint density at radius 2 is 2.47 bits per heavy atom. The van der Waals surface area contributed by atoms with E-state index in [1.165, 1.54) is 44.8 Å². The molecule has 15 heavy (non-hydrogen) atoms. The van der Waals surface area contributed by atoms with Crippen LogP contribution in [0.5, 0.6) is 0 Å². The molecule has 0 aromatic heterocycles. The number of rotatable bonds is 6. The third-order valence-electron chi connectivity index (χ3n) is 2.84. The first kappa shape index (κ1) is 13.1. The molecular formula is C12H24N2S. The first-order valence-electron chi connectivity index (χ1n) is 6.01. The van der Waals surface area contributed by atoms with Crippen molar-refractivity contribution in [3.8, 4) is 0 Å². The molecular weight excluding hydrogens is 204 g/mol. The van der Waals surface area contributed by atoms with Crippen molar-refractivity contribution in [2.75, 3.05) is 37.7 Å². The molecule has 1 unspecified atom stereocenters. The van der Waals surface area contributed by atoms with Crippen molar-refractivity contribution >= 4 is 11.8 Å². The Kier molecular flexibility index (Phi) is 7.14. The molecule has 88 valence electrons. The van der Waals surface area contributed by atoms with E-state index in [1.54, 1.807) is 0 Å². The number of hydrogen-bond donors (Lipinski definition) is 1. The lowest BCUT2D eigenvalue weighted by molar-refractivity contribution is 0.281. The molecule has 0 spiro atoms. The molecule has 1 heterocycles. The van der Waals surface area contributed by atoms with Gasteiger partial charge in [-0.15, -0.1) is 6.58 Å². The van der Waals surface area contributed by atoms with Crippen LogP contribution in [0.3, 0.4) is 0 Å². The lowest BCUT2D eigenvalue weighted by Gasteiger charge is -2.23. The fraction of sp³-hybridized carbons (Fsp3) is 0.833. The molecule has 0 radical (unpaired) electrons. The Balaban J connectivity index is 2.17. The minimum Gasteiger partial charge on any atom is -0.313 e. The summed E-state index contributed by atoms with van der Waals surface area (Å²) in [6.07, 6.45) is 4.53. The number of nitrogens with zero attached hydrogens (tertiary/aromatic N) is 1. The Morgan fingerprint density at radius 3 is 3.20 bits per heavy atom. The molecule has 1 saturated heterocycles. The van der Waals surface area contributed by atoms with Gasteiger partial charge in [-0.1, -0.05) is 13.0 Å². The molecule has 0 amide bonds. The Morgan fingerprint density at radius 1 is 1.60 bits per heavy atom. The molecule has 0 aromatic carbocycles. The Hall–Kier alpha value is 0.01000. The molecule has 1 N–H and O–H groups in total. The summed E-state index contributed by atoms with van der Waals surface area (Å²) in [7, 11) is 0. The second-order valence-electron chi connectivity index (χ2n) is 4.08. The minimum absolute atomic E-state index is 0.705. The van der Waals surface area contributed by atoms with Crippen molar-refractivity contribution in [3.05, 3.63) is 12.7 Å². The first-order valence-corrected chi connectivity index (χ1v) is 7.16. The normalized spacial score (nSPS) is 23.7. The molecule has 1 rings (SSSR count). The van der Waals surface area contributed by atoms with Crippen LogP contribution in [0.2, 0.25) is 0 Å². The number of thioether (sulfide) groups is 1. The van der Waals surface area contributed by atoms with Gasteiger partial charge in [-0.3, -0.25) is 0 Å². The van der Waals surface area contributed by atoms with Crippen LogP contribution >= 0.6 is 11.8 Å².